The molecule has 6 nitrogen and oxygen atoms in total. The van der Waals surface area contributed by atoms with Crippen LogP contribution >= 0.6 is 0 Å². The van der Waals surface area contributed by atoms with Crippen LogP contribution in [0, 0.1) is 5.41 Å². The number of benzene rings is 1. The summed E-state index contributed by atoms with van der Waals surface area (Å²) in [6.45, 7) is 0.450. The van der Waals surface area contributed by atoms with Gasteiger partial charge in [0, 0.05) is 7.11 Å². The molecule has 3 rings (SSSR count). The predicted octanol–water partition coefficient (Wildman–Crippen LogP) is 2.02. The van der Waals surface area contributed by atoms with Gasteiger partial charge in [-0.1, -0.05) is 29.8 Å². The van der Waals surface area contributed by atoms with Gasteiger partial charge in [-0.2, -0.15) is 0 Å². The van der Waals surface area contributed by atoms with E-state index in [4.69, 9.17) is 4.74 Å². The second-order valence-corrected chi connectivity index (χ2v) is 5.40. The summed E-state index contributed by atoms with van der Waals surface area (Å²) < 4.78 is 6.82. The topological polar surface area (TPSA) is 69.0 Å². The Morgan fingerprint density at radius 3 is 2.76 bits per heavy atom. The highest BCUT2D eigenvalue weighted by Crippen LogP contribution is 2.41. The zero-order chi connectivity index (χ0) is 14.7. The molecule has 21 heavy (non-hydrogen) atoms. The van der Waals surface area contributed by atoms with Gasteiger partial charge in [-0.15, -0.1) is 5.10 Å². The van der Waals surface area contributed by atoms with E-state index < -0.39 is 5.41 Å². The molecule has 0 aliphatic heterocycles. The van der Waals surface area contributed by atoms with E-state index in [-0.39, 0.29) is 5.91 Å². The summed E-state index contributed by atoms with van der Waals surface area (Å²) in [7, 11) is 1.62. The van der Waals surface area contributed by atoms with Crippen LogP contribution in [0.25, 0.3) is 5.69 Å². The molecule has 1 aromatic carbocycles. The van der Waals surface area contributed by atoms with E-state index in [0.29, 0.717) is 12.4 Å². The maximum absolute atomic E-state index is 12.4. The third-order valence-electron chi connectivity index (χ3n) is 3.97. The van der Waals surface area contributed by atoms with Gasteiger partial charge in [-0.25, -0.2) is 4.68 Å². The Bertz CT molecular complexity index is 620. The molecule has 0 atom stereocenters. The van der Waals surface area contributed by atoms with Crippen LogP contribution in [0.15, 0.2) is 36.5 Å². The van der Waals surface area contributed by atoms with E-state index in [2.05, 4.69) is 15.6 Å². The predicted molar refractivity (Wildman–Crippen MR) is 78.1 cm³/mol. The molecule has 1 N–H and O–H groups in total. The Labute approximate surface area is 123 Å². The van der Waals surface area contributed by atoms with Crippen molar-refractivity contribution in [2.45, 2.75) is 19.3 Å². The third-order valence-corrected chi connectivity index (χ3v) is 3.97. The molecule has 1 aromatic heterocycles. The first kappa shape index (κ1) is 13.8. The van der Waals surface area contributed by atoms with Gasteiger partial charge in [-0.05, 0) is 25.0 Å². The number of para-hydroxylation sites is 1. The van der Waals surface area contributed by atoms with Crippen LogP contribution in [0.1, 0.15) is 19.3 Å². The number of amides is 1. The molecule has 1 heterocycles. The highest BCUT2D eigenvalue weighted by Gasteiger charge is 2.44. The fourth-order valence-electron chi connectivity index (χ4n) is 2.59. The smallest absolute Gasteiger partial charge is 0.234 e. The minimum absolute atomic E-state index is 0.0317. The van der Waals surface area contributed by atoms with Gasteiger partial charge in [0.2, 0.25) is 5.91 Å². The molecule has 1 saturated carbocycles. The zero-order valence-corrected chi connectivity index (χ0v) is 12.0. The summed E-state index contributed by atoms with van der Waals surface area (Å²) in [6.07, 6.45) is 4.50. The van der Waals surface area contributed by atoms with Crippen molar-refractivity contribution in [2.24, 2.45) is 5.41 Å². The summed E-state index contributed by atoms with van der Waals surface area (Å²) in [5.74, 6) is 0.432. The van der Waals surface area contributed by atoms with E-state index in [1.54, 1.807) is 18.0 Å². The number of nitrogens with one attached hydrogen (secondary N) is 1. The molecule has 2 aromatic rings. The van der Waals surface area contributed by atoms with Crippen LogP contribution in [-0.4, -0.2) is 34.6 Å². The number of carbonyl (C=O) groups is 1. The molecule has 1 amide bonds. The lowest BCUT2D eigenvalue weighted by molar-refractivity contribution is -0.134. The summed E-state index contributed by atoms with van der Waals surface area (Å²) in [6, 6.07) is 9.65. The molecule has 0 unspecified atom stereocenters. The monoisotopic (exact) mass is 286 g/mol. The lowest BCUT2D eigenvalue weighted by Crippen LogP contribution is -2.45. The van der Waals surface area contributed by atoms with Crippen LogP contribution < -0.4 is 5.32 Å². The minimum atomic E-state index is -0.398. The molecule has 1 aliphatic carbocycles. The largest absolute Gasteiger partial charge is 0.384 e. The van der Waals surface area contributed by atoms with E-state index in [1.807, 2.05) is 30.3 Å². The first-order valence-corrected chi connectivity index (χ1v) is 7.02. The maximum Gasteiger partial charge on any atom is 0.234 e. The van der Waals surface area contributed by atoms with Crippen molar-refractivity contribution in [2.75, 3.05) is 19.0 Å². The normalized spacial score (nSPS) is 16.2. The van der Waals surface area contributed by atoms with Gasteiger partial charge in [0.05, 0.1) is 23.9 Å². The van der Waals surface area contributed by atoms with E-state index in [9.17, 15) is 4.79 Å². The number of methoxy groups -OCH3 is 1. The molecular weight excluding hydrogens is 268 g/mol. The van der Waals surface area contributed by atoms with Gasteiger partial charge < -0.3 is 10.1 Å². The standard InChI is InChI=1S/C15H18N4O2/c1-21-11-15(8-5-9-15)14(20)16-13-10-19(18-17-13)12-6-3-2-4-7-12/h2-4,6-7,10H,5,8-9,11H2,1H3,(H,16,20). The van der Waals surface area contributed by atoms with Gasteiger partial charge in [-0.3, -0.25) is 4.79 Å². The average Bonchev–Trinajstić information content (AvgIpc) is 2.92. The molecule has 0 bridgehead atoms. The number of carbonyl (C=O) groups excluding carboxylic acids is 1. The van der Waals surface area contributed by atoms with Gasteiger partial charge in [0.25, 0.3) is 0 Å². The maximum atomic E-state index is 12.4. The Morgan fingerprint density at radius 2 is 2.14 bits per heavy atom. The number of ether oxygens (including phenoxy) is 1. The van der Waals surface area contributed by atoms with Crippen LogP contribution in [0.4, 0.5) is 5.82 Å². The molecule has 0 radical (unpaired) electrons. The van der Waals surface area contributed by atoms with Gasteiger partial charge >= 0.3 is 0 Å². The fraction of sp³-hybridized carbons (Fsp3) is 0.400. The highest BCUT2D eigenvalue weighted by atomic mass is 16.5. The lowest BCUT2D eigenvalue weighted by atomic mass is 9.68. The number of hydrogen-bond acceptors (Lipinski definition) is 4. The number of rotatable bonds is 5. The zero-order valence-electron chi connectivity index (χ0n) is 12.0. The van der Waals surface area contributed by atoms with E-state index in [1.165, 1.54) is 0 Å². The highest BCUT2D eigenvalue weighted by molar-refractivity contribution is 5.95. The van der Waals surface area contributed by atoms with Gasteiger partial charge in [0.1, 0.15) is 0 Å². The molecular formula is C15H18N4O2. The van der Waals surface area contributed by atoms with Gasteiger partial charge in [0.15, 0.2) is 5.82 Å². The number of hydrogen-bond donors (Lipinski definition) is 1. The second-order valence-electron chi connectivity index (χ2n) is 5.40. The first-order chi connectivity index (χ1) is 10.2. The van der Waals surface area contributed by atoms with Crippen molar-refractivity contribution in [3.05, 3.63) is 36.5 Å². The minimum Gasteiger partial charge on any atom is -0.384 e. The molecule has 110 valence electrons. The van der Waals surface area contributed by atoms with Crippen molar-refractivity contribution in [1.82, 2.24) is 15.0 Å². The quantitative estimate of drug-likeness (QED) is 0.913. The van der Waals surface area contributed by atoms with E-state index in [0.717, 1.165) is 24.9 Å². The summed E-state index contributed by atoms with van der Waals surface area (Å²) in [5, 5.41) is 10.9. The molecule has 0 spiro atoms. The van der Waals surface area contributed by atoms with Crippen LogP contribution in [0.5, 0.6) is 0 Å². The van der Waals surface area contributed by atoms with Crippen molar-refractivity contribution in [1.29, 1.82) is 0 Å². The average molecular weight is 286 g/mol. The summed E-state index contributed by atoms with van der Waals surface area (Å²) >= 11 is 0. The summed E-state index contributed by atoms with van der Waals surface area (Å²) in [5.41, 5.74) is 0.506. The second kappa shape index (κ2) is 5.65. The Hall–Kier alpha value is -2.21. The van der Waals surface area contributed by atoms with E-state index >= 15 is 0 Å². The van der Waals surface area contributed by atoms with Crippen molar-refractivity contribution in [3.8, 4) is 5.69 Å². The van der Waals surface area contributed by atoms with Crippen molar-refractivity contribution < 1.29 is 9.53 Å². The van der Waals surface area contributed by atoms with Crippen LogP contribution in [-0.2, 0) is 9.53 Å². The first-order valence-electron chi connectivity index (χ1n) is 7.02. The van der Waals surface area contributed by atoms with Crippen LogP contribution in [0.3, 0.4) is 0 Å². The Balaban J connectivity index is 1.71. The SMILES string of the molecule is COCC1(C(=O)Nc2cn(-c3ccccc3)nn2)CCC1. The number of anilines is 1. The molecule has 1 fully saturated rings. The van der Waals surface area contributed by atoms with Crippen LogP contribution in [0.2, 0.25) is 0 Å². The Kier molecular flexibility index (Phi) is 3.70. The number of aromatic nitrogens is 3. The fourth-order valence-corrected chi connectivity index (χ4v) is 2.59. The van der Waals surface area contributed by atoms with Crippen molar-refractivity contribution >= 4 is 11.7 Å². The molecule has 1 aliphatic rings. The molecule has 6 heteroatoms. The third kappa shape index (κ3) is 2.67. The molecule has 0 saturated heterocycles. The Morgan fingerprint density at radius 1 is 1.38 bits per heavy atom. The summed E-state index contributed by atoms with van der Waals surface area (Å²) in [4.78, 5) is 12.4. The number of nitrogens with zero attached hydrogens (tertiary/aromatic N) is 3. The van der Waals surface area contributed by atoms with Crippen molar-refractivity contribution in [3.63, 3.8) is 0 Å². The lowest BCUT2D eigenvalue weighted by Gasteiger charge is -2.39.